The molecule has 10 rings (SSSR count). The third-order valence-corrected chi connectivity index (χ3v) is 13.4. The molecule has 0 amide bonds. The quantitative estimate of drug-likeness (QED) is 0.149. The van der Waals surface area contributed by atoms with Crippen molar-refractivity contribution in [2.45, 2.75) is 70.0 Å². The van der Waals surface area contributed by atoms with Crippen LogP contribution < -0.4 is 28.7 Å². The first-order valence-corrected chi connectivity index (χ1v) is 20.2. The minimum atomic E-state index is -0.912. The summed E-state index contributed by atoms with van der Waals surface area (Å²) in [7, 11) is 3.30. The minimum absolute atomic E-state index is 0.291. The van der Waals surface area contributed by atoms with Crippen LogP contribution in [0.2, 0.25) is 0 Å². The lowest BCUT2D eigenvalue weighted by atomic mass is 9.76. The fourth-order valence-corrected chi connectivity index (χ4v) is 10.3. The van der Waals surface area contributed by atoms with E-state index in [0.717, 1.165) is 39.6 Å². The number of benzene rings is 6. The molecule has 0 radical (unpaired) electrons. The normalized spacial score (nSPS) is 21.1. The Kier molecular flexibility index (Phi) is 8.09. The van der Waals surface area contributed by atoms with Crippen molar-refractivity contribution in [1.82, 2.24) is 0 Å². The summed E-state index contributed by atoms with van der Waals surface area (Å²) in [5.74, 6) is 2.55. The van der Waals surface area contributed by atoms with Crippen LogP contribution in [-0.4, -0.2) is 25.7 Å². The Labute approximate surface area is 345 Å². The van der Waals surface area contributed by atoms with Crippen molar-refractivity contribution >= 4 is 40.0 Å². The first-order chi connectivity index (χ1) is 28.5. The zero-order valence-corrected chi connectivity index (χ0v) is 34.5. The van der Waals surface area contributed by atoms with Gasteiger partial charge in [-0.15, -0.1) is 4.91 Å². The molecule has 8 heteroatoms. The summed E-state index contributed by atoms with van der Waals surface area (Å²) in [6.07, 6.45) is 8.63. The van der Waals surface area contributed by atoms with Crippen molar-refractivity contribution < 1.29 is 18.9 Å². The van der Waals surface area contributed by atoms with E-state index in [0.29, 0.717) is 30.3 Å². The van der Waals surface area contributed by atoms with Crippen LogP contribution in [0.25, 0.3) is 22.9 Å². The Bertz CT molecular complexity index is 2790. The minimum Gasteiger partial charge on any atom is -0.493 e. The van der Waals surface area contributed by atoms with Gasteiger partial charge >= 0.3 is 0 Å². The number of nitrogens with zero attached hydrogens (tertiary/aromatic N) is 3. The summed E-state index contributed by atoms with van der Waals surface area (Å²) < 4.78 is 26.2. The smallest absolute Gasteiger partial charge is 0.212 e. The van der Waals surface area contributed by atoms with Gasteiger partial charge in [-0.3, -0.25) is 0 Å². The Morgan fingerprint density at radius 1 is 0.593 bits per heavy atom. The molecule has 0 fully saturated rings. The predicted octanol–water partition coefficient (Wildman–Crippen LogP) is 11.8. The number of methoxy groups -OCH3 is 2. The molecule has 296 valence electrons. The lowest BCUT2D eigenvalue weighted by molar-refractivity contribution is 0.0493. The van der Waals surface area contributed by atoms with Gasteiger partial charge in [-0.1, -0.05) is 72.8 Å². The molecule has 2 unspecified atom stereocenters. The summed E-state index contributed by atoms with van der Waals surface area (Å²) in [5, 5.41) is 5.54. The van der Waals surface area contributed by atoms with Crippen molar-refractivity contribution in [3.63, 3.8) is 0 Å². The zero-order valence-electron chi connectivity index (χ0n) is 34.5. The SMILES string of the molecule is COc1cc(C)cc2c1OC1(C=C2)N(Cc2cccc3c(CN4c5ccccc5C(C)(C)C45C=Cc4cc(N=O)cc(OC)c4O5)cccc23)c2ccccc2C1(C)C. The highest BCUT2D eigenvalue weighted by molar-refractivity contribution is 5.90. The van der Waals surface area contributed by atoms with Crippen LogP contribution in [0, 0.1) is 11.8 Å². The molecule has 4 aliphatic rings. The maximum absolute atomic E-state index is 11.6. The first kappa shape index (κ1) is 36.8. The van der Waals surface area contributed by atoms with Gasteiger partial charge in [0.05, 0.1) is 25.0 Å². The largest absolute Gasteiger partial charge is 0.493 e. The Hall–Kier alpha value is -6.54. The molecule has 6 aromatic rings. The summed E-state index contributed by atoms with van der Waals surface area (Å²) in [4.78, 5) is 16.4. The molecule has 0 aliphatic carbocycles. The van der Waals surface area contributed by atoms with Crippen LogP contribution in [-0.2, 0) is 23.9 Å². The second-order valence-electron chi connectivity index (χ2n) is 17.2. The van der Waals surface area contributed by atoms with E-state index in [1.165, 1.54) is 33.0 Å². The molecule has 59 heavy (non-hydrogen) atoms. The van der Waals surface area contributed by atoms with Gasteiger partial charge in [-0.2, -0.15) is 0 Å². The fourth-order valence-electron chi connectivity index (χ4n) is 10.3. The Morgan fingerprint density at radius 3 is 1.56 bits per heavy atom. The van der Waals surface area contributed by atoms with Gasteiger partial charge in [-0.25, -0.2) is 0 Å². The highest BCUT2D eigenvalue weighted by atomic mass is 16.6. The van der Waals surface area contributed by atoms with E-state index < -0.39 is 22.3 Å². The van der Waals surface area contributed by atoms with Crippen molar-refractivity contribution in [1.29, 1.82) is 0 Å². The van der Waals surface area contributed by atoms with Crippen molar-refractivity contribution in [3.05, 3.63) is 165 Å². The number of hydrogen-bond acceptors (Lipinski definition) is 8. The second kappa shape index (κ2) is 13.0. The molecule has 0 N–H and O–H groups in total. The summed E-state index contributed by atoms with van der Waals surface area (Å²) in [5.41, 5.74) is 7.60. The molecule has 0 saturated heterocycles. The molecule has 0 aromatic heterocycles. The van der Waals surface area contributed by atoms with Crippen LogP contribution >= 0.6 is 0 Å². The van der Waals surface area contributed by atoms with E-state index >= 15 is 0 Å². The van der Waals surface area contributed by atoms with E-state index in [1.807, 2.05) is 12.1 Å². The number of para-hydroxylation sites is 2. The number of nitroso groups, excluding NO2 is 1. The monoisotopic (exact) mass is 781 g/mol. The van der Waals surface area contributed by atoms with Crippen LogP contribution in [0.5, 0.6) is 23.0 Å². The molecule has 4 aliphatic heterocycles. The van der Waals surface area contributed by atoms with Crippen LogP contribution in [0.3, 0.4) is 0 Å². The number of aryl methyl sites for hydroxylation is 1. The molecular formula is C51H47N3O5. The van der Waals surface area contributed by atoms with Crippen molar-refractivity contribution in [2.24, 2.45) is 5.18 Å². The summed E-state index contributed by atoms with van der Waals surface area (Å²) in [6, 6.07) is 38.1. The standard InChI is InChI=1S/C51H47N3O5/c1-32-26-33-22-24-50(58-46(33)44(27-32)56-6)48(2,3)40-18-8-10-20-42(40)53(50)30-35-14-12-17-39-36(15-13-16-38(35)39)31-54-43-21-11-9-19-41(43)49(4,5)51(54)25-23-34-28-37(52-55)29-45(57-7)47(34)59-51/h8-29H,30-31H2,1-7H3. The molecule has 0 saturated carbocycles. The third-order valence-electron chi connectivity index (χ3n) is 13.4. The van der Waals surface area contributed by atoms with Crippen LogP contribution in [0.15, 0.2) is 127 Å². The van der Waals surface area contributed by atoms with Crippen molar-refractivity contribution in [2.75, 3.05) is 24.0 Å². The highest BCUT2D eigenvalue weighted by Gasteiger charge is 2.60. The van der Waals surface area contributed by atoms with E-state index in [1.54, 1.807) is 26.4 Å². The lowest BCUT2D eigenvalue weighted by Crippen LogP contribution is -2.59. The maximum atomic E-state index is 11.6. The number of rotatable bonds is 7. The fraction of sp³-hybridized carbons (Fsp3) is 0.255. The van der Waals surface area contributed by atoms with Crippen LogP contribution in [0.1, 0.15) is 66.6 Å². The van der Waals surface area contributed by atoms with Crippen LogP contribution in [0.4, 0.5) is 17.1 Å². The van der Waals surface area contributed by atoms with Gasteiger partial charge in [0, 0.05) is 41.7 Å². The molecule has 2 spiro atoms. The number of hydrogen-bond donors (Lipinski definition) is 0. The van der Waals surface area contributed by atoms with E-state index in [-0.39, 0.29) is 0 Å². The summed E-state index contributed by atoms with van der Waals surface area (Å²) >= 11 is 0. The highest BCUT2D eigenvalue weighted by Crippen LogP contribution is 2.59. The van der Waals surface area contributed by atoms with Gasteiger partial charge in [0.2, 0.25) is 11.4 Å². The van der Waals surface area contributed by atoms with Gasteiger partial charge < -0.3 is 28.7 Å². The average Bonchev–Trinajstić information content (AvgIpc) is 3.53. The number of anilines is 2. The molecule has 0 bridgehead atoms. The van der Waals surface area contributed by atoms with Gasteiger partial charge in [0.1, 0.15) is 5.69 Å². The first-order valence-electron chi connectivity index (χ1n) is 20.2. The number of ether oxygens (including phenoxy) is 4. The lowest BCUT2D eigenvalue weighted by Gasteiger charge is -2.47. The van der Waals surface area contributed by atoms with Crippen molar-refractivity contribution in [3.8, 4) is 23.0 Å². The maximum Gasteiger partial charge on any atom is 0.212 e. The second-order valence-corrected chi connectivity index (χ2v) is 17.2. The Morgan fingerprint density at radius 2 is 1.07 bits per heavy atom. The molecular weight excluding hydrogens is 735 g/mol. The predicted molar refractivity (Wildman–Crippen MR) is 236 cm³/mol. The molecule has 8 nitrogen and oxygen atoms in total. The van der Waals surface area contributed by atoms with Gasteiger partial charge in [-0.05, 0) is 133 Å². The van der Waals surface area contributed by atoms with Gasteiger partial charge in [0.15, 0.2) is 23.0 Å². The Balaban J connectivity index is 1.08. The average molecular weight is 782 g/mol. The number of fused-ring (bicyclic) bond motifs is 5. The summed E-state index contributed by atoms with van der Waals surface area (Å²) in [6.45, 7) is 12.3. The molecule has 4 heterocycles. The van der Waals surface area contributed by atoms with E-state index in [4.69, 9.17) is 18.9 Å². The third kappa shape index (κ3) is 5.08. The zero-order chi connectivity index (χ0) is 40.9. The topological polar surface area (TPSA) is 72.8 Å². The molecule has 6 aromatic carbocycles. The van der Waals surface area contributed by atoms with E-state index in [2.05, 4.69) is 159 Å². The van der Waals surface area contributed by atoms with E-state index in [9.17, 15) is 4.91 Å². The van der Waals surface area contributed by atoms with Gasteiger partial charge in [0.25, 0.3) is 0 Å². The molecule has 2 atom stereocenters.